The lowest BCUT2D eigenvalue weighted by Gasteiger charge is -2.10. The topological polar surface area (TPSA) is 240 Å². The summed E-state index contributed by atoms with van der Waals surface area (Å²) in [5.41, 5.74) is 3.73. The van der Waals surface area contributed by atoms with Gasteiger partial charge in [0.2, 0.25) is 11.9 Å². The van der Waals surface area contributed by atoms with E-state index in [9.17, 15) is 37.3 Å². The quantitative estimate of drug-likeness (QED) is 0.0829. The summed E-state index contributed by atoms with van der Waals surface area (Å²) in [6.45, 7) is 1.94. The minimum absolute atomic E-state index is 0. The Morgan fingerprint density at radius 1 is 0.745 bits per heavy atom. The molecule has 278 valence electrons. The molecule has 2 aromatic heterocycles. The van der Waals surface area contributed by atoms with Gasteiger partial charge in [-0.3, -0.25) is 28.8 Å². The lowest BCUT2D eigenvalue weighted by Crippen LogP contribution is -2.29. The van der Waals surface area contributed by atoms with Gasteiger partial charge in [0.1, 0.15) is 4.90 Å². The summed E-state index contributed by atoms with van der Waals surface area (Å²) < 4.78 is 32.5. The van der Waals surface area contributed by atoms with Crippen molar-refractivity contribution in [3.05, 3.63) is 141 Å². The molecule has 0 bridgehead atoms. The van der Waals surface area contributed by atoms with Crippen LogP contribution >= 0.6 is 0 Å². The predicted molar refractivity (Wildman–Crippen MR) is 204 cm³/mol. The van der Waals surface area contributed by atoms with Crippen LogP contribution in [0.15, 0.2) is 118 Å². The summed E-state index contributed by atoms with van der Waals surface area (Å²) in [5, 5.41) is 15.7. The van der Waals surface area contributed by atoms with E-state index in [0.29, 0.717) is 28.2 Å². The molecule has 0 saturated heterocycles. The molecule has 0 aliphatic carbocycles. The van der Waals surface area contributed by atoms with Crippen molar-refractivity contribution in [1.82, 2.24) is 24.8 Å². The molecule has 2 aliphatic rings. The zero-order valence-electron chi connectivity index (χ0n) is 28.1. The van der Waals surface area contributed by atoms with E-state index in [2.05, 4.69) is 35.6 Å². The number of H-pyrrole nitrogens is 2. The number of hydrogen-bond donors (Lipinski definition) is 6. The molecule has 0 radical (unpaired) electrons. The number of aromatic amines is 2. The van der Waals surface area contributed by atoms with E-state index in [0.717, 1.165) is 16.0 Å². The summed E-state index contributed by atoms with van der Waals surface area (Å²) in [6, 6.07) is 28.8. The largest absolute Gasteiger partial charge is 0.494 e. The van der Waals surface area contributed by atoms with E-state index in [1.165, 1.54) is 36.4 Å². The van der Waals surface area contributed by atoms with Gasteiger partial charge in [0, 0.05) is 17.8 Å². The van der Waals surface area contributed by atoms with Crippen molar-refractivity contribution in [1.29, 1.82) is 0 Å². The molecule has 0 saturated carbocycles. The third-order valence-corrected chi connectivity index (χ3v) is 9.28. The highest BCUT2D eigenvalue weighted by Crippen LogP contribution is 2.38. The molecule has 0 fully saturated rings. The number of aromatic nitrogens is 4. The maximum atomic E-state index is 12.4. The van der Waals surface area contributed by atoms with Crippen LogP contribution < -0.4 is 16.3 Å². The monoisotopic (exact) mass is 760 g/mol. The second-order valence-corrected chi connectivity index (χ2v) is 13.1. The summed E-state index contributed by atoms with van der Waals surface area (Å²) in [6.07, 6.45) is 0. The lowest BCUT2D eigenvalue weighted by molar-refractivity contribution is 0.0662. The Bertz CT molecular complexity index is 2680. The molecule has 16 nitrogen and oxygen atoms in total. The van der Waals surface area contributed by atoms with Crippen molar-refractivity contribution in [3.8, 4) is 17.1 Å². The minimum atomic E-state index is -4.53. The fourth-order valence-electron chi connectivity index (χ4n) is 5.98. The second-order valence-electron chi connectivity index (χ2n) is 11.8. The highest BCUT2D eigenvalue weighted by Gasteiger charge is 2.35. The van der Waals surface area contributed by atoms with Gasteiger partial charge in [0.15, 0.2) is 5.88 Å². The standard InChI is InChI=1S/C19H16N6O6S.C18H12N2O2.CH4/c1-2-25-15(26)11-8-7-10(9-12(11)16(25)27)20-17-22-18(24-19(28)23-17)21-13-5-3-4-6-14(13)32(29,30)31;21-17-13-14(16(20-17)12-9-5-2-6-10-12)18(22)19-15(13)11-7-3-1-4-8-11;/h3-9H,2H2,1H3,(H,29,30,31)(H3,20,21,22,23,24,28);1-10,19,22H;1H4. The van der Waals surface area contributed by atoms with Crippen LogP contribution in [0.1, 0.15) is 56.6 Å². The number of carbonyl (C=O) groups is 3. The van der Waals surface area contributed by atoms with Crippen LogP contribution in [0.2, 0.25) is 0 Å². The van der Waals surface area contributed by atoms with Crippen LogP contribution in [0.5, 0.6) is 5.88 Å². The number of nitrogens with zero attached hydrogens (tertiary/aromatic N) is 4. The van der Waals surface area contributed by atoms with Crippen molar-refractivity contribution < 1.29 is 32.5 Å². The minimum Gasteiger partial charge on any atom is -0.494 e. The van der Waals surface area contributed by atoms with Crippen LogP contribution in [0.4, 0.5) is 23.3 Å². The zero-order chi connectivity index (χ0) is 38.1. The molecular weight excluding hydrogens is 729 g/mol. The molecule has 55 heavy (non-hydrogen) atoms. The summed E-state index contributed by atoms with van der Waals surface area (Å²) in [7, 11) is -4.53. The highest BCUT2D eigenvalue weighted by molar-refractivity contribution is 7.86. The molecule has 3 amide bonds. The number of carbonyl (C=O) groups excluding carboxylic acids is 3. The summed E-state index contributed by atoms with van der Waals surface area (Å²) in [5.74, 6) is -1.45. The van der Waals surface area contributed by atoms with Crippen molar-refractivity contribution >= 4 is 56.8 Å². The van der Waals surface area contributed by atoms with E-state index in [4.69, 9.17) is 0 Å². The van der Waals surface area contributed by atoms with Crippen LogP contribution in [-0.4, -0.2) is 72.9 Å². The van der Waals surface area contributed by atoms with Gasteiger partial charge in [-0.1, -0.05) is 80.2 Å². The number of aliphatic imine (C=N–C) groups is 1. The van der Waals surface area contributed by atoms with Crippen LogP contribution in [-0.2, 0) is 10.1 Å². The first kappa shape index (κ1) is 37.5. The molecule has 4 heterocycles. The van der Waals surface area contributed by atoms with Crippen LogP contribution in [0, 0.1) is 0 Å². The first-order chi connectivity index (χ1) is 25.9. The predicted octanol–water partition coefficient (Wildman–Crippen LogP) is 5.53. The van der Waals surface area contributed by atoms with Crippen LogP contribution in [0.3, 0.4) is 0 Å². The van der Waals surface area contributed by atoms with Crippen molar-refractivity contribution in [3.63, 3.8) is 0 Å². The van der Waals surface area contributed by atoms with Crippen molar-refractivity contribution in [2.75, 3.05) is 17.2 Å². The zero-order valence-corrected chi connectivity index (χ0v) is 28.9. The average Bonchev–Trinajstić information content (AvgIpc) is 3.77. The summed E-state index contributed by atoms with van der Waals surface area (Å²) in [4.78, 5) is 66.8. The molecule has 6 N–H and O–H groups in total. The van der Waals surface area contributed by atoms with Crippen molar-refractivity contribution in [2.45, 2.75) is 19.2 Å². The Labute approximate surface area is 313 Å². The van der Waals surface area contributed by atoms with Gasteiger partial charge in [-0.25, -0.2) is 9.79 Å². The average molecular weight is 761 g/mol. The first-order valence-electron chi connectivity index (χ1n) is 16.2. The van der Waals surface area contributed by atoms with Crippen molar-refractivity contribution in [2.24, 2.45) is 4.99 Å². The Morgan fingerprint density at radius 3 is 2.05 bits per heavy atom. The van der Waals surface area contributed by atoms with E-state index in [-0.39, 0.29) is 60.4 Å². The van der Waals surface area contributed by atoms with Gasteiger partial charge in [0.25, 0.3) is 27.8 Å². The number of aromatic hydroxyl groups is 1. The molecule has 6 aromatic rings. The van der Waals surface area contributed by atoms with Gasteiger partial charge in [0.05, 0.1) is 39.3 Å². The number of imide groups is 1. The molecule has 0 unspecified atom stereocenters. The Morgan fingerprint density at radius 2 is 1.38 bits per heavy atom. The second kappa shape index (κ2) is 15.0. The van der Waals surface area contributed by atoms with Gasteiger partial charge in [-0.2, -0.15) is 18.4 Å². The Hall–Kier alpha value is -7.24. The molecule has 0 atom stereocenters. The molecule has 8 rings (SSSR count). The third-order valence-electron chi connectivity index (χ3n) is 8.37. The number of benzene rings is 4. The fraction of sp³-hybridized carbons (Fsp3) is 0.0789. The molecule has 0 spiro atoms. The van der Waals surface area contributed by atoms with Gasteiger partial charge >= 0.3 is 5.69 Å². The molecule has 4 aromatic carbocycles. The van der Waals surface area contributed by atoms with E-state index in [1.54, 1.807) is 13.0 Å². The highest BCUT2D eigenvalue weighted by atomic mass is 32.2. The van der Waals surface area contributed by atoms with Gasteiger partial charge in [-0.15, -0.1) is 0 Å². The van der Waals surface area contributed by atoms with Gasteiger partial charge < -0.3 is 20.7 Å². The number of para-hydroxylation sites is 1. The van der Waals surface area contributed by atoms with E-state index < -0.39 is 26.6 Å². The maximum Gasteiger partial charge on any atom is 0.351 e. The van der Waals surface area contributed by atoms with E-state index >= 15 is 0 Å². The number of hydrogen-bond acceptors (Lipinski definition) is 11. The Kier molecular flexibility index (Phi) is 10.2. The fourth-order valence-corrected chi connectivity index (χ4v) is 6.63. The number of fused-ring (bicyclic) bond motifs is 2. The number of anilines is 4. The lowest BCUT2D eigenvalue weighted by atomic mass is 10.0. The molecule has 17 heteroatoms. The van der Waals surface area contributed by atoms with E-state index in [1.807, 2.05) is 60.7 Å². The number of amides is 3. The number of nitrogens with one attached hydrogen (secondary N) is 4. The molecular formula is C38H32N8O8S. The van der Waals surface area contributed by atoms with Gasteiger partial charge in [-0.05, 0) is 42.8 Å². The number of rotatable bonds is 8. The third kappa shape index (κ3) is 7.37. The normalized spacial score (nSPS) is 12.9. The Balaban J connectivity index is 0.000000195. The smallest absolute Gasteiger partial charge is 0.351 e. The molecule has 2 aliphatic heterocycles. The van der Waals surface area contributed by atoms with Crippen LogP contribution in [0.25, 0.3) is 11.3 Å². The summed E-state index contributed by atoms with van der Waals surface area (Å²) >= 11 is 0. The SMILES string of the molecule is C.CCN1C(=O)c2ccc(Nc3nc(Nc4ccccc4S(=O)(=O)O)nc(=O)[nH]3)cc2C1=O.O=C1N=C(c2ccccc2)c2c(O)[nH]c(-c3ccccc3)c21. The first-order valence-corrected chi connectivity index (χ1v) is 17.6. The maximum absolute atomic E-state index is 12.4.